The maximum atomic E-state index is 13.3. The number of halogens is 2. The smallest absolute Gasteiger partial charge is 0.416 e. The average Bonchev–Trinajstić information content (AvgIpc) is 1.42. The Bertz CT molecular complexity index is 4920. The second-order valence-electron chi connectivity index (χ2n) is 31.8. The lowest BCUT2D eigenvalue weighted by atomic mass is 10.1. The van der Waals surface area contributed by atoms with Gasteiger partial charge < -0.3 is 41.2 Å². The lowest BCUT2D eigenvalue weighted by molar-refractivity contribution is 0.0564. The van der Waals surface area contributed by atoms with Crippen LogP contribution in [0.4, 0.5) is 44.5 Å². The van der Waals surface area contributed by atoms with Gasteiger partial charge in [-0.3, -0.25) is 9.80 Å². The third-order valence-electron chi connectivity index (χ3n) is 16.9. The molecule has 0 radical (unpaired) electrons. The van der Waals surface area contributed by atoms with Crippen molar-refractivity contribution in [2.24, 2.45) is 5.73 Å². The Morgan fingerprint density at radius 3 is 1.08 bits per heavy atom. The van der Waals surface area contributed by atoms with Crippen LogP contribution in [0.5, 0.6) is 0 Å². The number of rotatable bonds is 20. The Labute approximate surface area is 677 Å². The third kappa shape index (κ3) is 26.6. The first-order valence-corrected chi connectivity index (χ1v) is 39.7. The van der Waals surface area contributed by atoms with Crippen LogP contribution in [0.2, 0.25) is 10.3 Å². The summed E-state index contributed by atoms with van der Waals surface area (Å²) in [5, 5.41) is 32.4. The van der Waals surface area contributed by atoms with Crippen molar-refractivity contribution < 1.29 is 23.8 Å². The number of hydrogen-bond acceptors (Lipinski definition) is 18. The minimum Gasteiger partial charge on any atom is -0.443 e. The molecule has 13 rings (SSSR count). The highest BCUT2D eigenvalue weighted by atomic mass is 35.5. The number of ether oxygens (including phenoxy) is 3. The van der Waals surface area contributed by atoms with Gasteiger partial charge >= 0.3 is 12.2 Å². The predicted molar refractivity (Wildman–Crippen MR) is 460 cm³/mol. The second-order valence-corrected chi connectivity index (χ2v) is 32.6. The summed E-state index contributed by atoms with van der Waals surface area (Å²) in [5.74, 6) is 5.69. The van der Waals surface area contributed by atoms with Crippen molar-refractivity contribution in [1.29, 1.82) is 0 Å². The van der Waals surface area contributed by atoms with E-state index in [0.717, 1.165) is 87.5 Å². The first kappa shape index (κ1) is 88.2. The van der Waals surface area contributed by atoms with Gasteiger partial charge in [0.1, 0.15) is 56.4 Å². The van der Waals surface area contributed by atoms with Crippen LogP contribution in [-0.4, -0.2) is 113 Å². The molecule has 0 atom stereocenters. The Hall–Kier alpha value is -10.4. The Kier molecular flexibility index (Phi) is 32.3. The minimum atomic E-state index is -0.630. The van der Waals surface area contributed by atoms with Gasteiger partial charge in [0.05, 0.1) is 37.9 Å². The van der Waals surface area contributed by atoms with Crippen molar-refractivity contribution in [1.82, 2.24) is 58.4 Å². The van der Waals surface area contributed by atoms with Crippen molar-refractivity contribution >= 4 is 92.9 Å². The van der Waals surface area contributed by atoms with E-state index in [1.165, 1.54) is 28.9 Å². The van der Waals surface area contributed by atoms with E-state index in [1.807, 2.05) is 180 Å². The number of anilines is 6. The van der Waals surface area contributed by atoms with Crippen LogP contribution in [-0.2, 0) is 40.4 Å². The number of nitrogens with one attached hydrogen (secondary N) is 4. The lowest BCUT2D eigenvalue weighted by Crippen LogP contribution is -2.37. The minimum absolute atomic E-state index is 0.192. The molecule has 0 bridgehead atoms. The predicted octanol–water partition coefficient (Wildman–Crippen LogP) is 20.6. The molecule has 9 heterocycles. The van der Waals surface area contributed by atoms with Crippen molar-refractivity contribution in [2.45, 2.75) is 230 Å². The second kappa shape index (κ2) is 41.4. The monoisotopic (exact) mass is 1580 g/mol. The summed E-state index contributed by atoms with van der Waals surface area (Å²) in [6.45, 7) is 44.4. The SMILES string of the molecule is C1CCOC1.CC(C)N.CC(C)Nc1cc(N(Cc2ccccc2)C(=O)OC(C)(C)C)n2ncc(C(C)C)c2n1.CC(C)Nc1cc(NCc2ccccc2)n2ncc(C(C)C)c2n1.CC(C)c1cnn2c(N(Cc3ccccc3)C(=O)OC(C)(C)C)cc(Cl)nc12.CC(C)c1cnn2c(NCc3ccccc3)cc(Cl)nc12. The fourth-order valence-corrected chi connectivity index (χ4v) is 11.9. The van der Waals surface area contributed by atoms with Gasteiger partial charge in [0.2, 0.25) is 0 Å². The first-order chi connectivity index (χ1) is 53.6. The number of amides is 2. The highest BCUT2D eigenvalue weighted by molar-refractivity contribution is 6.30. The van der Waals surface area contributed by atoms with E-state index in [1.54, 1.807) is 32.3 Å². The number of carbonyl (C=O) groups excluding carboxylic acids is 2. The molecule has 0 spiro atoms. The van der Waals surface area contributed by atoms with Crippen LogP contribution in [0.15, 0.2) is 170 Å². The van der Waals surface area contributed by atoms with Gasteiger partial charge in [0.15, 0.2) is 22.6 Å². The molecule has 26 heteroatoms. The summed E-state index contributed by atoms with van der Waals surface area (Å²) in [5.41, 5.74) is 15.6. The third-order valence-corrected chi connectivity index (χ3v) is 17.3. The molecule has 0 aliphatic carbocycles. The molecule has 1 saturated heterocycles. The van der Waals surface area contributed by atoms with E-state index in [9.17, 15) is 9.59 Å². The number of carbonyl (C=O) groups is 2. The van der Waals surface area contributed by atoms with Crippen LogP contribution in [0, 0.1) is 0 Å². The van der Waals surface area contributed by atoms with Crippen molar-refractivity contribution in [3.63, 3.8) is 0 Å². The zero-order valence-corrected chi connectivity index (χ0v) is 71.0. The van der Waals surface area contributed by atoms with Gasteiger partial charge in [-0.2, -0.15) is 38.5 Å². The summed E-state index contributed by atoms with van der Waals surface area (Å²) in [6, 6.07) is 48.3. The maximum absolute atomic E-state index is 13.3. The summed E-state index contributed by atoms with van der Waals surface area (Å²) in [4.78, 5) is 47.9. The summed E-state index contributed by atoms with van der Waals surface area (Å²) in [7, 11) is 0. The van der Waals surface area contributed by atoms with Gasteiger partial charge in [0, 0.05) is 84.9 Å². The van der Waals surface area contributed by atoms with Crippen LogP contribution in [0.1, 0.15) is 219 Å². The topological polar surface area (TPSA) is 263 Å². The normalized spacial score (nSPS) is 12.1. The fourth-order valence-electron chi connectivity index (χ4n) is 11.6. The Balaban J connectivity index is 0.000000183. The van der Waals surface area contributed by atoms with E-state index in [4.69, 9.17) is 53.1 Å². The van der Waals surface area contributed by atoms with Crippen molar-refractivity contribution in [3.8, 4) is 0 Å². The molecule has 1 aliphatic rings. The van der Waals surface area contributed by atoms with Gasteiger partial charge in [-0.1, -0.05) is 214 Å². The van der Waals surface area contributed by atoms with Crippen molar-refractivity contribution in [3.05, 3.63) is 225 Å². The number of nitrogens with two attached hydrogens (primary N) is 1. The number of nitrogens with zero attached hydrogens (tertiary/aromatic N) is 14. The molecular weight excluding hydrogens is 1460 g/mol. The molecule has 604 valence electrons. The molecule has 1 fully saturated rings. The van der Waals surface area contributed by atoms with Gasteiger partial charge in [-0.05, 0) is 134 Å². The van der Waals surface area contributed by atoms with E-state index >= 15 is 0 Å². The molecular formula is C87H117Cl2N19O5. The number of aromatic nitrogens is 12. The summed E-state index contributed by atoms with van der Waals surface area (Å²) in [6.07, 6.45) is 9.02. The quantitative estimate of drug-likeness (QED) is 0.0444. The van der Waals surface area contributed by atoms with Gasteiger partial charge in [-0.15, -0.1) is 0 Å². The highest BCUT2D eigenvalue weighted by Gasteiger charge is 2.30. The molecule has 4 aromatic carbocycles. The van der Waals surface area contributed by atoms with Crippen LogP contribution >= 0.6 is 23.2 Å². The first-order valence-electron chi connectivity index (χ1n) is 39.0. The molecule has 113 heavy (non-hydrogen) atoms. The Morgan fingerprint density at radius 1 is 0.442 bits per heavy atom. The molecule has 6 N–H and O–H groups in total. The zero-order valence-electron chi connectivity index (χ0n) is 69.5. The van der Waals surface area contributed by atoms with Crippen LogP contribution in [0.25, 0.3) is 22.6 Å². The van der Waals surface area contributed by atoms with E-state index < -0.39 is 23.4 Å². The number of hydrogen-bond donors (Lipinski definition) is 5. The van der Waals surface area contributed by atoms with E-state index in [2.05, 4.69) is 171 Å². The number of benzene rings is 4. The molecule has 2 amide bonds. The average molecular weight is 1580 g/mol. The Morgan fingerprint density at radius 2 is 0.743 bits per heavy atom. The zero-order chi connectivity index (χ0) is 82.3. The molecule has 0 saturated carbocycles. The van der Waals surface area contributed by atoms with E-state index in [-0.39, 0.29) is 17.9 Å². The summed E-state index contributed by atoms with van der Waals surface area (Å²) >= 11 is 12.5. The highest BCUT2D eigenvalue weighted by Crippen LogP contribution is 2.33. The lowest BCUT2D eigenvalue weighted by Gasteiger charge is -2.28. The molecule has 0 unspecified atom stereocenters. The standard InChI is InChI=1S/C24H33N5O2.C21H25ClN4O2.C19H25N5.C16H17ClN4.C4H8O.C3H9N/c1-16(2)19-14-25-29-21(13-20(26-17(3)4)27-22(19)29)28(23(30)31-24(5,6)7)15-18-11-9-8-10-12-18;1-14(2)16-12-23-26-18(11-17(22)24-19(16)26)25(20(27)28-21(3,4)5)13-15-9-7-6-8-10-15;1-13(2)16-12-21-24-18(20-11-15-8-6-5-7-9-15)10-17(22-14(3)4)23-19(16)24;1-11(2)13-10-19-21-15(8-14(17)20-16(13)21)18-9-12-6-4-3-5-7-12;1-2-4-5-3-1;1-3(2)4/h8-14,16-17H,15H2,1-7H3,(H,26,27);6-12,14H,13H2,1-5H3;5-10,12-14,20H,11H2,1-4H3,(H,22,23);3-8,10-11,18H,9H2,1-2H3;1-4H2;3H,4H2,1-2H3. The van der Waals surface area contributed by atoms with Gasteiger partial charge in [-0.25, -0.2) is 29.5 Å². The molecule has 1 aliphatic heterocycles. The van der Waals surface area contributed by atoms with Crippen molar-refractivity contribution in [2.75, 3.05) is 44.3 Å². The maximum Gasteiger partial charge on any atom is 0.416 e. The molecule has 12 aromatic rings. The summed E-state index contributed by atoms with van der Waals surface area (Å²) < 4.78 is 23.4. The fraction of sp³-hybridized carbons (Fsp3) is 0.425. The van der Waals surface area contributed by atoms with Crippen LogP contribution < -0.4 is 36.8 Å². The van der Waals surface area contributed by atoms with Gasteiger partial charge in [0.25, 0.3) is 0 Å². The molecule has 8 aromatic heterocycles. The van der Waals surface area contributed by atoms with Crippen LogP contribution in [0.3, 0.4) is 0 Å². The molecule has 24 nitrogen and oxygen atoms in total. The largest absolute Gasteiger partial charge is 0.443 e. The number of fused-ring (bicyclic) bond motifs is 4. The van der Waals surface area contributed by atoms with E-state index in [0.29, 0.717) is 77.0 Å².